The molecule has 0 fully saturated rings. The summed E-state index contributed by atoms with van der Waals surface area (Å²) in [4.78, 5) is 1.42. The number of para-hydroxylation sites is 1. The molecule has 0 bridgehead atoms. The molecule has 4 rings (SSSR count). The predicted molar refractivity (Wildman–Crippen MR) is 121 cm³/mol. The van der Waals surface area contributed by atoms with Crippen LogP contribution in [-0.2, 0) is 11.8 Å². The number of benzene rings is 3. The van der Waals surface area contributed by atoms with Crippen LogP contribution in [0.4, 0.5) is 32.0 Å². The summed E-state index contributed by atoms with van der Waals surface area (Å²) < 4.78 is 87.8. The van der Waals surface area contributed by atoms with Crippen LogP contribution < -0.4 is 14.4 Å². The van der Waals surface area contributed by atoms with Crippen molar-refractivity contribution in [3.8, 4) is 11.5 Å². The quantitative estimate of drug-likeness (QED) is 0.403. The van der Waals surface area contributed by atoms with Gasteiger partial charge in [-0.15, -0.1) is 13.2 Å². The molecule has 2 atom stereocenters. The maximum atomic E-state index is 13.2. The lowest BCUT2D eigenvalue weighted by molar-refractivity contribution is -0.274. The van der Waals surface area contributed by atoms with E-state index in [9.17, 15) is 31.4 Å². The van der Waals surface area contributed by atoms with Crippen molar-refractivity contribution in [3.63, 3.8) is 0 Å². The van der Waals surface area contributed by atoms with E-state index in [2.05, 4.69) is 4.74 Å². The maximum Gasteiger partial charge on any atom is 0.573 e. The van der Waals surface area contributed by atoms with Crippen LogP contribution in [0.2, 0.25) is 0 Å². The number of rotatable bonds is 7. The third-order valence-electron chi connectivity index (χ3n) is 6.28. The number of ether oxygens (including phenoxy) is 2. The second kappa shape index (κ2) is 9.57. The van der Waals surface area contributed by atoms with E-state index in [0.29, 0.717) is 22.6 Å². The standard InChI is InChI=1S/C26H23F6NO3/c1-35-19-11-9-17(10-12-19)14-24(18-5-4-6-20(13-18)36-26(30,31)32)16-33(15-23(34)25(27,28)29)22-8-3-2-7-21(22)24/h2-13,23,34H,14-16H2,1H3. The van der Waals surface area contributed by atoms with Crippen LogP contribution >= 0.6 is 0 Å². The topological polar surface area (TPSA) is 41.9 Å². The Balaban J connectivity index is 1.83. The fraction of sp³-hybridized carbons (Fsp3) is 0.308. The number of aliphatic hydroxyl groups is 1. The van der Waals surface area contributed by atoms with Crippen LogP contribution in [0, 0.1) is 0 Å². The van der Waals surface area contributed by atoms with E-state index < -0.39 is 36.4 Å². The van der Waals surface area contributed by atoms with Crippen molar-refractivity contribution in [1.29, 1.82) is 0 Å². The van der Waals surface area contributed by atoms with Gasteiger partial charge >= 0.3 is 12.5 Å². The van der Waals surface area contributed by atoms with E-state index in [1.807, 2.05) is 0 Å². The molecule has 0 saturated heterocycles. The van der Waals surface area contributed by atoms with Crippen LogP contribution in [0.3, 0.4) is 0 Å². The minimum atomic E-state index is -4.90. The number of β-amino-alcohol motifs (C(OH)–C–C–N with tert-alkyl or cyclic N) is 1. The first kappa shape index (κ1) is 25.7. The monoisotopic (exact) mass is 511 g/mol. The fourth-order valence-corrected chi connectivity index (χ4v) is 4.71. The molecule has 4 nitrogen and oxygen atoms in total. The van der Waals surface area contributed by atoms with Crippen molar-refractivity contribution in [1.82, 2.24) is 0 Å². The van der Waals surface area contributed by atoms with Gasteiger partial charge in [-0.2, -0.15) is 13.2 Å². The van der Waals surface area contributed by atoms with E-state index >= 15 is 0 Å². The number of fused-ring (bicyclic) bond motifs is 1. The molecule has 1 heterocycles. The zero-order chi connectivity index (χ0) is 26.1. The van der Waals surface area contributed by atoms with Gasteiger partial charge in [-0.3, -0.25) is 0 Å². The molecular formula is C26H23F6NO3. The number of aliphatic hydroxyl groups excluding tert-OH is 1. The van der Waals surface area contributed by atoms with E-state index in [0.717, 1.165) is 5.56 Å². The lowest BCUT2D eigenvalue weighted by Crippen LogP contribution is -2.44. The van der Waals surface area contributed by atoms with Crippen LogP contribution in [0.15, 0.2) is 72.8 Å². The summed E-state index contributed by atoms with van der Waals surface area (Å²) in [6.45, 7) is -0.718. The number of hydrogen-bond acceptors (Lipinski definition) is 4. The van der Waals surface area contributed by atoms with Gasteiger partial charge in [-0.25, -0.2) is 0 Å². The predicted octanol–water partition coefficient (Wildman–Crippen LogP) is 5.87. The van der Waals surface area contributed by atoms with Gasteiger partial charge in [-0.1, -0.05) is 42.5 Å². The molecule has 10 heteroatoms. The Labute approximate surface area is 203 Å². The first-order chi connectivity index (χ1) is 16.9. The third-order valence-corrected chi connectivity index (χ3v) is 6.28. The van der Waals surface area contributed by atoms with E-state index in [1.54, 1.807) is 54.6 Å². The minimum absolute atomic E-state index is 0.000979. The van der Waals surface area contributed by atoms with Crippen molar-refractivity contribution >= 4 is 5.69 Å². The van der Waals surface area contributed by atoms with Gasteiger partial charge in [-0.05, 0) is 53.4 Å². The number of anilines is 1. The molecule has 192 valence electrons. The summed E-state index contributed by atoms with van der Waals surface area (Å²) in [6.07, 6.45) is -12.1. The minimum Gasteiger partial charge on any atom is -0.497 e. The molecule has 2 unspecified atom stereocenters. The van der Waals surface area contributed by atoms with Gasteiger partial charge in [0.25, 0.3) is 0 Å². The molecule has 0 radical (unpaired) electrons. The fourth-order valence-electron chi connectivity index (χ4n) is 4.71. The molecule has 36 heavy (non-hydrogen) atoms. The highest BCUT2D eigenvalue weighted by atomic mass is 19.4. The van der Waals surface area contributed by atoms with Crippen LogP contribution in [0.25, 0.3) is 0 Å². The zero-order valence-electron chi connectivity index (χ0n) is 19.1. The zero-order valence-corrected chi connectivity index (χ0v) is 19.1. The molecule has 0 saturated carbocycles. The number of halogens is 6. The van der Waals surface area contributed by atoms with E-state index in [-0.39, 0.29) is 13.0 Å². The Morgan fingerprint density at radius 2 is 1.61 bits per heavy atom. The molecule has 1 aliphatic rings. The van der Waals surface area contributed by atoms with Gasteiger partial charge in [0.1, 0.15) is 11.5 Å². The average molecular weight is 511 g/mol. The van der Waals surface area contributed by atoms with Crippen LogP contribution in [0.1, 0.15) is 16.7 Å². The third kappa shape index (κ3) is 5.38. The largest absolute Gasteiger partial charge is 0.573 e. The summed E-state index contributed by atoms with van der Waals surface area (Å²) >= 11 is 0. The van der Waals surface area contributed by atoms with Crippen LogP contribution in [0.5, 0.6) is 11.5 Å². The van der Waals surface area contributed by atoms with Gasteiger partial charge in [0, 0.05) is 17.6 Å². The molecule has 0 amide bonds. The Morgan fingerprint density at radius 3 is 2.25 bits per heavy atom. The summed E-state index contributed by atoms with van der Waals surface area (Å²) in [5, 5.41) is 9.81. The highest BCUT2D eigenvalue weighted by Crippen LogP contribution is 2.48. The summed E-state index contributed by atoms with van der Waals surface area (Å²) in [5.74, 6) is 0.176. The van der Waals surface area contributed by atoms with Crippen molar-refractivity contribution in [3.05, 3.63) is 89.5 Å². The number of nitrogens with zero attached hydrogens (tertiary/aromatic N) is 1. The van der Waals surface area contributed by atoms with Gasteiger partial charge in [0.15, 0.2) is 6.10 Å². The van der Waals surface area contributed by atoms with Crippen molar-refractivity contribution in [2.45, 2.75) is 30.5 Å². The van der Waals surface area contributed by atoms with Gasteiger partial charge in [0.05, 0.1) is 13.7 Å². The second-order valence-electron chi connectivity index (χ2n) is 8.64. The summed E-state index contributed by atoms with van der Waals surface area (Å²) in [7, 11) is 1.51. The Kier molecular flexibility index (Phi) is 6.83. The molecule has 0 aliphatic carbocycles. The molecule has 3 aromatic carbocycles. The molecule has 0 aromatic heterocycles. The molecule has 0 spiro atoms. The SMILES string of the molecule is COc1ccc(CC2(c3cccc(OC(F)(F)F)c3)CN(CC(O)C(F)(F)F)c3ccccc32)cc1. The van der Waals surface area contributed by atoms with Gasteiger partial charge < -0.3 is 19.5 Å². The first-order valence-corrected chi connectivity index (χ1v) is 11.0. The van der Waals surface area contributed by atoms with E-state index in [4.69, 9.17) is 4.74 Å². The molecule has 1 aliphatic heterocycles. The Morgan fingerprint density at radius 1 is 0.917 bits per heavy atom. The first-order valence-electron chi connectivity index (χ1n) is 11.0. The summed E-state index contributed by atoms with van der Waals surface area (Å²) in [5.41, 5.74) is 1.32. The van der Waals surface area contributed by atoms with Gasteiger partial charge in [0.2, 0.25) is 0 Å². The lowest BCUT2D eigenvalue weighted by Gasteiger charge is -2.33. The van der Waals surface area contributed by atoms with E-state index in [1.165, 1.54) is 30.2 Å². The number of alkyl halides is 6. The Hall–Kier alpha value is -3.40. The highest BCUT2D eigenvalue weighted by molar-refractivity contribution is 5.67. The van der Waals surface area contributed by atoms with Crippen molar-refractivity contribution in [2.24, 2.45) is 0 Å². The number of hydrogen-bond donors (Lipinski definition) is 1. The van der Waals surface area contributed by atoms with Crippen molar-refractivity contribution < 1.29 is 40.9 Å². The van der Waals surface area contributed by atoms with Crippen LogP contribution in [-0.4, -0.2) is 43.9 Å². The highest BCUT2D eigenvalue weighted by Gasteiger charge is 2.47. The molecular weight excluding hydrogens is 488 g/mol. The average Bonchev–Trinajstić information content (AvgIpc) is 3.12. The second-order valence-corrected chi connectivity index (χ2v) is 8.64. The molecule has 1 N–H and O–H groups in total. The van der Waals surface area contributed by atoms with Crippen molar-refractivity contribution in [2.75, 3.05) is 25.1 Å². The maximum absolute atomic E-state index is 13.2. The Bertz CT molecular complexity index is 1200. The molecule has 3 aromatic rings. The normalized spacial score (nSPS) is 18.6. The smallest absolute Gasteiger partial charge is 0.497 e. The summed E-state index contributed by atoms with van der Waals surface area (Å²) in [6, 6.07) is 19.3. The lowest BCUT2D eigenvalue weighted by atomic mass is 9.71. The number of methoxy groups -OCH3 is 1.